The van der Waals surface area contributed by atoms with Crippen molar-refractivity contribution in [2.45, 2.75) is 71.9 Å². The molecule has 0 radical (unpaired) electrons. The van der Waals surface area contributed by atoms with Crippen molar-refractivity contribution in [3.63, 3.8) is 0 Å². The summed E-state index contributed by atoms with van der Waals surface area (Å²) in [5.74, 6) is 2.95. The van der Waals surface area contributed by atoms with Crippen molar-refractivity contribution in [2.75, 3.05) is 6.54 Å². The van der Waals surface area contributed by atoms with Crippen LogP contribution in [-0.4, -0.2) is 22.1 Å². The molecule has 0 spiro atoms. The van der Waals surface area contributed by atoms with Crippen LogP contribution < -0.4 is 5.32 Å². The van der Waals surface area contributed by atoms with Gasteiger partial charge in [0.2, 0.25) is 0 Å². The molecule has 3 unspecified atom stereocenters. The van der Waals surface area contributed by atoms with Crippen molar-refractivity contribution in [1.82, 2.24) is 14.9 Å². The largest absolute Gasteiger partial charge is 0.335 e. The van der Waals surface area contributed by atoms with E-state index < -0.39 is 0 Å². The molecule has 1 aromatic heterocycles. The average Bonchev–Trinajstić information content (AvgIpc) is 3.04. The molecule has 0 bridgehead atoms. The Labute approximate surface area is 124 Å². The number of imidazole rings is 1. The molecule has 1 saturated carbocycles. The quantitative estimate of drug-likeness (QED) is 0.786. The van der Waals surface area contributed by atoms with Crippen LogP contribution in [0.1, 0.15) is 58.7 Å². The van der Waals surface area contributed by atoms with Gasteiger partial charge in [0, 0.05) is 31.4 Å². The lowest BCUT2D eigenvalue weighted by Crippen LogP contribution is -2.40. The van der Waals surface area contributed by atoms with E-state index in [2.05, 4.69) is 41.8 Å². The summed E-state index contributed by atoms with van der Waals surface area (Å²) in [6, 6.07) is 0.602. The third-order valence-electron chi connectivity index (χ3n) is 4.77. The zero-order chi connectivity index (χ0) is 14.4. The van der Waals surface area contributed by atoms with Crippen molar-refractivity contribution < 1.29 is 0 Å². The van der Waals surface area contributed by atoms with E-state index in [0.29, 0.717) is 6.04 Å². The number of aromatic nitrogens is 2. The van der Waals surface area contributed by atoms with E-state index in [4.69, 9.17) is 0 Å². The van der Waals surface area contributed by atoms with E-state index in [-0.39, 0.29) is 0 Å². The van der Waals surface area contributed by atoms with Gasteiger partial charge in [-0.1, -0.05) is 33.6 Å². The van der Waals surface area contributed by atoms with Crippen molar-refractivity contribution in [3.8, 4) is 0 Å². The van der Waals surface area contributed by atoms with Gasteiger partial charge in [0.1, 0.15) is 5.82 Å². The van der Waals surface area contributed by atoms with Gasteiger partial charge in [0.05, 0.1) is 0 Å². The Morgan fingerprint density at radius 2 is 2.20 bits per heavy atom. The van der Waals surface area contributed by atoms with Gasteiger partial charge in [-0.2, -0.15) is 0 Å². The maximum atomic E-state index is 4.60. The first-order valence-electron chi connectivity index (χ1n) is 8.49. The number of aryl methyl sites for hydroxylation is 1. The van der Waals surface area contributed by atoms with Crippen LogP contribution in [0.3, 0.4) is 0 Å². The maximum absolute atomic E-state index is 4.60. The maximum Gasteiger partial charge on any atom is 0.110 e. The van der Waals surface area contributed by atoms with Gasteiger partial charge in [-0.05, 0) is 37.6 Å². The van der Waals surface area contributed by atoms with E-state index >= 15 is 0 Å². The molecule has 20 heavy (non-hydrogen) atoms. The van der Waals surface area contributed by atoms with Crippen molar-refractivity contribution >= 4 is 0 Å². The van der Waals surface area contributed by atoms with Gasteiger partial charge < -0.3 is 9.88 Å². The summed E-state index contributed by atoms with van der Waals surface area (Å²) in [6.45, 7) is 9.13. The Balaban J connectivity index is 2.04. The smallest absolute Gasteiger partial charge is 0.110 e. The molecule has 1 fully saturated rings. The molecule has 1 aliphatic rings. The van der Waals surface area contributed by atoms with Crippen LogP contribution in [0.4, 0.5) is 0 Å². The zero-order valence-electron chi connectivity index (χ0n) is 13.4. The molecule has 3 heteroatoms. The second-order valence-corrected chi connectivity index (χ2v) is 6.37. The normalized spacial score (nSPS) is 24.1. The summed E-state index contributed by atoms with van der Waals surface area (Å²) < 4.78 is 2.33. The second kappa shape index (κ2) is 7.82. The van der Waals surface area contributed by atoms with Crippen LogP contribution in [0.25, 0.3) is 0 Å². The summed E-state index contributed by atoms with van der Waals surface area (Å²) in [6.07, 6.45) is 11.8. The van der Waals surface area contributed by atoms with Crippen LogP contribution in [0, 0.1) is 11.8 Å². The molecule has 0 aromatic carbocycles. The third-order valence-corrected chi connectivity index (χ3v) is 4.77. The number of nitrogens with one attached hydrogen (secondary N) is 1. The SMILES string of the molecule is CCCNC(Cc1nccn1CCC)C1CCCC1C. The first-order chi connectivity index (χ1) is 9.76. The fourth-order valence-corrected chi connectivity index (χ4v) is 3.65. The lowest BCUT2D eigenvalue weighted by atomic mass is 9.88. The number of nitrogens with zero attached hydrogens (tertiary/aromatic N) is 2. The molecule has 1 heterocycles. The predicted molar refractivity (Wildman–Crippen MR) is 84.8 cm³/mol. The number of hydrogen-bond donors (Lipinski definition) is 1. The zero-order valence-corrected chi connectivity index (χ0v) is 13.4. The van der Waals surface area contributed by atoms with Crippen LogP contribution in [0.15, 0.2) is 12.4 Å². The minimum Gasteiger partial charge on any atom is -0.335 e. The third kappa shape index (κ3) is 3.85. The van der Waals surface area contributed by atoms with Gasteiger partial charge in [0.15, 0.2) is 0 Å². The molecule has 3 atom stereocenters. The molecule has 0 amide bonds. The Kier molecular flexibility index (Phi) is 6.08. The summed E-state index contributed by atoms with van der Waals surface area (Å²) >= 11 is 0. The van der Waals surface area contributed by atoms with Gasteiger partial charge in [-0.25, -0.2) is 4.98 Å². The summed E-state index contributed by atoms with van der Waals surface area (Å²) in [5, 5.41) is 3.80. The van der Waals surface area contributed by atoms with Gasteiger partial charge in [-0.3, -0.25) is 0 Å². The molecule has 0 saturated heterocycles. The van der Waals surface area contributed by atoms with E-state index in [9.17, 15) is 0 Å². The molecule has 2 rings (SSSR count). The number of hydrogen-bond acceptors (Lipinski definition) is 2. The van der Waals surface area contributed by atoms with Crippen LogP contribution in [0.2, 0.25) is 0 Å². The summed E-state index contributed by atoms with van der Waals surface area (Å²) in [7, 11) is 0. The molecule has 1 aliphatic carbocycles. The number of rotatable bonds is 8. The van der Waals surface area contributed by atoms with Crippen LogP contribution in [0.5, 0.6) is 0 Å². The fourth-order valence-electron chi connectivity index (χ4n) is 3.65. The topological polar surface area (TPSA) is 29.9 Å². The standard InChI is InChI=1S/C17H31N3/c1-4-9-18-16(15-8-6-7-14(15)3)13-17-19-10-12-20(17)11-5-2/h10,12,14-16,18H,4-9,11,13H2,1-3H3. The molecule has 1 aromatic rings. The minimum absolute atomic E-state index is 0.602. The lowest BCUT2D eigenvalue weighted by Gasteiger charge is -2.28. The van der Waals surface area contributed by atoms with E-state index in [1.165, 1.54) is 37.9 Å². The predicted octanol–water partition coefficient (Wildman–Crippen LogP) is 3.64. The van der Waals surface area contributed by atoms with E-state index in [1.54, 1.807) is 0 Å². The highest BCUT2D eigenvalue weighted by atomic mass is 15.1. The van der Waals surface area contributed by atoms with Crippen molar-refractivity contribution in [3.05, 3.63) is 18.2 Å². The Hall–Kier alpha value is -0.830. The van der Waals surface area contributed by atoms with Gasteiger partial charge >= 0.3 is 0 Å². The lowest BCUT2D eigenvalue weighted by molar-refractivity contribution is 0.290. The molecular formula is C17H31N3. The molecule has 1 N–H and O–H groups in total. The van der Waals surface area contributed by atoms with Crippen LogP contribution in [-0.2, 0) is 13.0 Å². The minimum atomic E-state index is 0.602. The second-order valence-electron chi connectivity index (χ2n) is 6.37. The highest BCUT2D eigenvalue weighted by molar-refractivity contribution is 4.98. The fraction of sp³-hybridized carbons (Fsp3) is 0.824. The average molecular weight is 277 g/mol. The molecule has 0 aliphatic heterocycles. The van der Waals surface area contributed by atoms with Crippen LogP contribution >= 0.6 is 0 Å². The molecule has 114 valence electrons. The Morgan fingerprint density at radius 1 is 1.35 bits per heavy atom. The van der Waals surface area contributed by atoms with E-state index in [0.717, 1.165) is 31.3 Å². The molecule has 3 nitrogen and oxygen atoms in total. The first-order valence-corrected chi connectivity index (χ1v) is 8.49. The molecular weight excluding hydrogens is 246 g/mol. The van der Waals surface area contributed by atoms with Gasteiger partial charge in [0.25, 0.3) is 0 Å². The highest BCUT2D eigenvalue weighted by Gasteiger charge is 2.31. The summed E-state index contributed by atoms with van der Waals surface area (Å²) in [4.78, 5) is 4.60. The Morgan fingerprint density at radius 3 is 2.85 bits per heavy atom. The van der Waals surface area contributed by atoms with Gasteiger partial charge in [-0.15, -0.1) is 0 Å². The highest BCUT2D eigenvalue weighted by Crippen LogP contribution is 2.34. The Bertz CT molecular complexity index is 385. The summed E-state index contributed by atoms with van der Waals surface area (Å²) in [5.41, 5.74) is 0. The first kappa shape index (κ1) is 15.6. The van der Waals surface area contributed by atoms with E-state index in [1.807, 2.05) is 6.20 Å². The monoisotopic (exact) mass is 277 g/mol. The van der Waals surface area contributed by atoms with Crippen molar-refractivity contribution in [2.24, 2.45) is 11.8 Å². The van der Waals surface area contributed by atoms with Crippen molar-refractivity contribution in [1.29, 1.82) is 0 Å².